The van der Waals surface area contributed by atoms with Crippen LogP contribution in [0.5, 0.6) is 0 Å². The lowest BCUT2D eigenvalue weighted by atomic mass is 9.89. The summed E-state index contributed by atoms with van der Waals surface area (Å²) in [4.78, 5) is 92.9. The van der Waals surface area contributed by atoms with Gasteiger partial charge < -0.3 is 47.5 Å². The van der Waals surface area contributed by atoms with Crippen molar-refractivity contribution >= 4 is 96.9 Å². The highest BCUT2D eigenvalue weighted by Crippen LogP contribution is 2.27. The Morgan fingerprint density at radius 1 is 0.480 bits per heavy atom. The van der Waals surface area contributed by atoms with Crippen molar-refractivity contribution in [2.75, 3.05) is 33.2 Å². The van der Waals surface area contributed by atoms with Crippen molar-refractivity contribution in [3.63, 3.8) is 0 Å². The molecule has 6 heterocycles. The van der Waals surface area contributed by atoms with Gasteiger partial charge >= 0.3 is 0 Å². The number of nitrogens with one attached hydrogen (secondary N) is 5. The smallest absolute Gasteiger partial charge is 0.256 e. The Bertz CT molecular complexity index is 3230. The van der Waals surface area contributed by atoms with E-state index in [-0.39, 0.29) is 35.1 Å². The van der Waals surface area contributed by atoms with Crippen LogP contribution in [0.2, 0.25) is 0 Å². The highest BCUT2D eigenvalue weighted by molar-refractivity contribution is 6.08. The lowest BCUT2D eigenvalue weighted by Gasteiger charge is -2.14. The number of pyridine rings is 3. The number of fused-ring (bicyclic) bond motifs is 3. The summed E-state index contributed by atoms with van der Waals surface area (Å²) >= 11 is 0. The van der Waals surface area contributed by atoms with Gasteiger partial charge in [-0.05, 0) is 109 Å². The third-order valence-corrected chi connectivity index (χ3v) is 11.5. The van der Waals surface area contributed by atoms with Crippen LogP contribution < -0.4 is 33.2 Å². The molecular weight excluding hydrogens is 949 g/mol. The summed E-state index contributed by atoms with van der Waals surface area (Å²) < 4.78 is 1.73. The zero-order valence-electron chi connectivity index (χ0n) is 43.2. The van der Waals surface area contributed by atoms with E-state index >= 15 is 0 Å². The molecule has 9 rings (SSSR count). The summed E-state index contributed by atoms with van der Waals surface area (Å²) in [6.07, 6.45) is 6.57. The number of aromatic amines is 2. The molecule has 0 aliphatic heterocycles. The van der Waals surface area contributed by atoms with Gasteiger partial charge in [0.1, 0.15) is 22.8 Å². The van der Waals surface area contributed by atoms with E-state index in [1.54, 1.807) is 138 Å². The van der Waals surface area contributed by atoms with Crippen LogP contribution in [-0.2, 0) is 0 Å². The number of hydrogen-bond donors (Lipinski definition) is 8. The van der Waals surface area contributed by atoms with Crippen molar-refractivity contribution in [2.24, 2.45) is 16.2 Å². The highest BCUT2D eigenvalue weighted by Gasteiger charge is 2.27. The van der Waals surface area contributed by atoms with Crippen LogP contribution in [-0.4, -0.2) is 64.4 Å². The van der Waals surface area contributed by atoms with E-state index in [0.717, 1.165) is 16.3 Å². The van der Waals surface area contributed by atoms with E-state index in [4.69, 9.17) is 17.2 Å². The summed E-state index contributed by atoms with van der Waals surface area (Å²) in [5, 5.41) is 9.95. The normalized spacial score (nSPS) is 11.5. The summed E-state index contributed by atoms with van der Waals surface area (Å²) in [6, 6.07) is 30.6. The number of aromatic nitrogens is 6. The first kappa shape index (κ1) is 53.4. The molecular formula is C57H60N12O6. The maximum Gasteiger partial charge on any atom is 0.256 e. The van der Waals surface area contributed by atoms with Crippen molar-refractivity contribution in [3.8, 4) is 0 Å². The molecule has 0 unspecified atom stereocenters. The summed E-state index contributed by atoms with van der Waals surface area (Å²) in [5.74, 6) is -0.317. The van der Waals surface area contributed by atoms with Crippen molar-refractivity contribution in [1.29, 1.82) is 0 Å². The summed E-state index contributed by atoms with van der Waals surface area (Å²) in [6.45, 7) is 16.8. The standard InChI is InChI=1S/3C19H20N4O2/c1-19(2,3)17(24)14-8-12-9-16(21-10-15(12)22-14)23-18(25)11-4-6-13(20)7-5-11;1-19(2,3)16(24)15-9-12-8-14(10-21-17(12)23-15)22-18(25)11-4-6-13(20)7-5-11;1-19(2,3)17(24)15-11-23-10-14(8-9-16(23)22-15)21-18(25)12-4-6-13(20)7-5-12/h4-10,22H,20H2,1-3H3,(H,21,23,25);4-10H,20H2,1-3H3,(H,21,23)(H,22,25);4-11H,20H2,1-3H3,(H,21,25). The van der Waals surface area contributed by atoms with Crippen LogP contribution in [0.1, 0.15) is 125 Å². The lowest BCUT2D eigenvalue weighted by molar-refractivity contribution is 0.0848. The highest BCUT2D eigenvalue weighted by atomic mass is 16.2. The topological polar surface area (TPSA) is 291 Å². The molecule has 18 nitrogen and oxygen atoms in total. The van der Waals surface area contributed by atoms with Crippen LogP contribution in [0.15, 0.2) is 134 Å². The molecule has 9 aromatic rings. The molecule has 0 aliphatic carbocycles. The van der Waals surface area contributed by atoms with Gasteiger partial charge in [-0.2, -0.15) is 0 Å². The lowest BCUT2D eigenvalue weighted by Crippen LogP contribution is -2.20. The number of imidazole rings is 1. The zero-order chi connectivity index (χ0) is 54.6. The number of H-pyrrole nitrogens is 2. The number of hydrogen-bond acceptors (Lipinski definition) is 12. The van der Waals surface area contributed by atoms with Gasteiger partial charge in [0.05, 0.1) is 40.7 Å². The Balaban J connectivity index is 0.000000164. The first-order valence-corrected chi connectivity index (χ1v) is 23.8. The quantitative estimate of drug-likeness (QED) is 0.0495. The minimum Gasteiger partial charge on any atom is -0.399 e. The minimum atomic E-state index is -0.496. The van der Waals surface area contributed by atoms with E-state index in [0.29, 0.717) is 79.3 Å². The van der Waals surface area contributed by atoms with Gasteiger partial charge in [0.2, 0.25) is 0 Å². The first-order chi connectivity index (χ1) is 35.2. The van der Waals surface area contributed by atoms with E-state index in [2.05, 4.69) is 40.9 Å². The number of nitrogen functional groups attached to an aromatic ring is 3. The number of nitrogens with zero attached hydrogens (tertiary/aromatic N) is 4. The van der Waals surface area contributed by atoms with Gasteiger partial charge in [-0.3, -0.25) is 28.8 Å². The van der Waals surface area contributed by atoms with Crippen LogP contribution in [0.3, 0.4) is 0 Å². The van der Waals surface area contributed by atoms with Crippen molar-refractivity contribution in [3.05, 3.63) is 168 Å². The number of carbonyl (C=O) groups is 6. The maximum absolute atomic E-state index is 12.4. The third kappa shape index (κ3) is 13.3. The van der Waals surface area contributed by atoms with E-state index in [9.17, 15) is 28.8 Å². The van der Waals surface area contributed by atoms with Gasteiger partial charge in [0.15, 0.2) is 17.3 Å². The Kier molecular flexibility index (Phi) is 15.2. The van der Waals surface area contributed by atoms with E-state index in [1.807, 2.05) is 62.3 Å². The number of nitrogens with two attached hydrogens (primary N) is 3. The molecule has 0 fully saturated rings. The molecule has 0 radical (unpaired) electrons. The van der Waals surface area contributed by atoms with E-state index in [1.165, 1.54) is 0 Å². The van der Waals surface area contributed by atoms with Crippen LogP contribution in [0, 0.1) is 16.2 Å². The molecule has 0 aliphatic rings. The summed E-state index contributed by atoms with van der Waals surface area (Å²) in [5.41, 5.74) is 23.4. The molecule has 18 heteroatoms. The average Bonchev–Trinajstić information content (AvgIpc) is 4.10. The monoisotopic (exact) mass is 1010 g/mol. The van der Waals surface area contributed by atoms with Crippen LogP contribution in [0.4, 0.5) is 34.3 Å². The van der Waals surface area contributed by atoms with Gasteiger partial charge in [-0.25, -0.2) is 15.0 Å². The Morgan fingerprint density at radius 3 is 1.45 bits per heavy atom. The van der Waals surface area contributed by atoms with Gasteiger partial charge in [0.25, 0.3) is 17.7 Å². The number of carbonyl (C=O) groups excluding carboxylic acids is 6. The van der Waals surface area contributed by atoms with Gasteiger partial charge in [-0.15, -0.1) is 0 Å². The Hall–Kier alpha value is -9.45. The van der Waals surface area contributed by atoms with Gasteiger partial charge in [-0.1, -0.05) is 62.3 Å². The Morgan fingerprint density at radius 2 is 0.947 bits per heavy atom. The molecule has 0 saturated carbocycles. The first-order valence-electron chi connectivity index (χ1n) is 23.8. The molecule has 6 aromatic heterocycles. The number of amides is 3. The fourth-order valence-corrected chi connectivity index (χ4v) is 7.29. The Labute approximate surface area is 432 Å². The second kappa shape index (κ2) is 21.3. The van der Waals surface area contributed by atoms with Crippen molar-refractivity contribution in [1.82, 2.24) is 29.3 Å². The molecule has 0 saturated heterocycles. The number of rotatable bonds is 9. The minimum absolute atomic E-state index is 0.0120. The molecule has 0 spiro atoms. The molecule has 384 valence electrons. The second-order valence-corrected chi connectivity index (χ2v) is 21.0. The van der Waals surface area contributed by atoms with Crippen LogP contribution in [0.25, 0.3) is 27.6 Å². The molecule has 11 N–H and O–H groups in total. The molecule has 0 atom stereocenters. The average molecular weight is 1010 g/mol. The maximum atomic E-state index is 12.4. The van der Waals surface area contributed by atoms with E-state index < -0.39 is 16.2 Å². The van der Waals surface area contributed by atoms with Crippen molar-refractivity contribution in [2.45, 2.75) is 62.3 Å². The second-order valence-electron chi connectivity index (χ2n) is 21.0. The van der Waals surface area contributed by atoms with Gasteiger partial charge in [0, 0.05) is 73.2 Å². The number of anilines is 6. The summed E-state index contributed by atoms with van der Waals surface area (Å²) in [7, 11) is 0. The molecule has 3 amide bonds. The van der Waals surface area contributed by atoms with Crippen molar-refractivity contribution < 1.29 is 28.8 Å². The van der Waals surface area contributed by atoms with Crippen LogP contribution >= 0.6 is 0 Å². The number of benzene rings is 3. The fraction of sp³-hybridized carbons (Fsp3) is 0.211. The molecule has 3 aromatic carbocycles. The third-order valence-electron chi connectivity index (χ3n) is 11.5. The fourth-order valence-electron chi connectivity index (χ4n) is 7.29. The molecule has 75 heavy (non-hydrogen) atoms. The number of Topliss-reactive ketones (excluding diaryl/α,β-unsaturated/α-hetero) is 3. The SMILES string of the molecule is CC(C)(C)C(=O)c1cc2cc(NC(=O)c3ccc(N)cc3)cnc2[nH]1.CC(C)(C)C(=O)c1cc2cc(NC(=O)c3ccc(N)cc3)ncc2[nH]1.CC(C)(C)C(=O)c1cn2cc(NC(=O)c3ccc(N)cc3)ccc2n1. The zero-order valence-corrected chi connectivity index (χ0v) is 43.2. The number of ketones is 3. The molecule has 0 bridgehead atoms. The predicted octanol–water partition coefficient (Wildman–Crippen LogP) is 10.6. The predicted molar refractivity (Wildman–Crippen MR) is 295 cm³/mol. The largest absolute Gasteiger partial charge is 0.399 e.